The predicted molar refractivity (Wildman–Crippen MR) is 78.5 cm³/mol. The molecular formula is C14H20N4O. The van der Waals surface area contributed by atoms with Crippen LogP contribution in [0.3, 0.4) is 0 Å². The normalized spacial score (nSPS) is 11.6. The third-order valence-corrected chi connectivity index (χ3v) is 2.63. The van der Waals surface area contributed by atoms with Crippen LogP contribution >= 0.6 is 0 Å². The Hall–Kier alpha value is -1.88. The van der Waals surface area contributed by atoms with Crippen molar-refractivity contribution in [1.29, 1.82) is 0 Å². The molecule has 2 aromatic rings. The minimum atomic E-state index is -0.787. The first-order valence-electron chi connectivity index (χ1n) is 6.46. The minimum absolute atomic E-state index is 0.430. The van der Waals surface area contributed by atoms with Crippen LogP contribution in [0.1, 0.15) is 20.8 Å². The molecule has 102 valence electrons. The number of aliphatic hydroxyl groups is 1. The summed E-state index contributed by atoms with van der Waals surface area (Å²) in [4.78, 5) is 8.89. The number of nitrogens with one attached hydrogen (secondary N) is 2. The minimum Gasteiger partial charge on any atom is -0.389 e. The van der Waals surface area contributed by atoms with E-state index < -0.39 is 5.60 Å². The fraction of sp³-hybridized carbons (Fsp3) is 0.429. The fourth-order valence-corrected chi connectivity index (χ4v) is 1.75. The van der Waals surface area contributed by atoms with Crippen molar-refractivity contribution >= 4 is 22.7 Å². The molecule has 5 heteroatoms. The number of anilines is 2. The average Bonchev–Trinajstić information content (AvgIpc) is 2.35. The number of hydrogen-bond acceptors (Lipinski definition) is 5. The average molecular weight is 260 g/mol. The molecular weight excluding hydrogens is 240 g/mol. The summed E-state index contributed by atoms with van der Waals surface area (Å²) >= 11 is 0. The van der Waals surface area contributed by atoms with Crippen LogP contribution in [-0.4, -0.2) is 33.8 Å². The summed E-state index contributed by atoms with van der Waals surface area (Å²) in [5.41, 5.74) is 0.0939. The Kier molecular flexibility index (Phi) is 3.85. The number of para-hydroxylation sites is 1. The number of benzene rings is 1. The highest BCUT2D eigenvalue weighted by Crippen LogP contribution is 2.22. The molecule has 0 saturated heterocycles. The molecule has 0 aliphatic carbocycles. The molecule has 0 aliphatic rings. The van der Waals surface area contributed by atoms with E-state index in [1.807, 2.05) is 31.2 Å². The third kappa shape index (κ3) is 3.54. The largest absolute Gasteiger partial charge is 0.389 e. The molecule has 0 aliphatic heterocycles. The lowest BCUT2D eigenvalue weighted by molar-refractivity contribution is 0.0944. The van der Waals surface area contributed by atoms with Gasteiger partial charge in [0, 0.05) is 18.5 Å². The van der Waals surface area contributed by atoms with Crippen LogP contribution in [0.5, 0.6) is 0 Å². The zero-order valence-electron chi connectivity index (χ0n) is 11.6. The maximum atomic E-state index is 9.80. The Bertz CT molecular complexity index is 563. The second-order valence-corrected chi connectivity index (χ2v) is 5.11. The zero-order chi connectivity index (χ0) is 13.9. The molecule has 0 unspecified atom stereocenters. The number of nitrogens with zero attached hydrogens (tertiary/aromatic N) is 2. The Morgan fingerprint density at radius 1 is 1.16 bits per heavy atom. The van der Waals surface area contributed by atoms with Gasteiger partial charge in [-0.1, -0.05) is 12.1 Å². The SMILES string of the molecule is CCNc1nc(NCC(C)(C)O)c2ccccc2n1. The number of fused-ring (bicyclic) bond motifs is 1. The van der Waals surface area contributed by atoms with Crippen LogP contribution in [0, 0.1) is 0 Å². The van der Waals surface area contributed by atoms with Crippen molar-refractivity contribution in [2.45, 2.75) is 26.4 Å². The quantitative estimate of drug-likeness (QED) is 0.769. The highest BCUT2D eigenvalue weighted by atomic mass is 16.3. The molecule has 5 nitrogen and oxygen atoms in total. The molecule has 0 radical (unpaired) electrons. The fourth-order valence-electron chi connectivity index (χ4n) is 1.75. The molecule has 1 heterocycles. The van der Waals surface area contributed by atoms with Crippen LogP contribution in [0.4, 0.5) is 11.8 Å². The van der Waals surface area contributed by atoms with Crippen molar-refractivity contribution in [2.24, 2.45) is 0 Å². The van der Waals surface area contributed by atoms with Gasteiger partial charge in [-0.05, 0) is 32.9 Å². The van der Waals surface area contributed by atoms with Crippen molar-refractivity contribution in [1.82, 2.24) is 9.97 Å². The van der Waals surface area contributed by atoms with Gasteiger partial charge in [-0.25, -0.2) is 4.98 Å². The van der Waals surface area contributed by atoms with E-state index in [0.29, 0.717) is 12.5 Å². The molecule has 0 saturated carbocycles. The van der Waals surface area contributed by atoms with Gasteiger partial charge >= 0.3 is 0 Å². The smallest absolute Gasteiger partial charge is 0.225 e. The van der Waals surface area contributed by atoms with Crippen LogP contribution in [0.2, 0.25) is 0 Å². The van der Waals surface area contributed by atoms with Gasteiger partial charge in [0.15, 0.2) is 0 Å². The van der Waals surface area contributed by atoms with Crippen molar-refractivity contribution in [3.8, 4) is 0 Å². The summed E-state index contributed by atoms with van der Waals surface area (Å²) in [6, 6.07) is 7.82. The van der Waals surface area contributed by atoms with E-state index in [1.54, 1.807) is 13.8 Å². The maximum Gasteiger partial charge on any atom is 0.225 e. The zero-order valence-corrected chi connectivity index (χ0v) is 11.6. The lowest BCUT2D eigenvalue weighted by Gasteiger charge is -2.19. The van der Waals surface area contributed by atoms with E-state index in [2.05, 4.69) is 20.6 Å². The highest BCUT2D eigenvalue weighted by Gasteiger charge is 2.14. The highest BCUT2D eigenvalue weighted by molar-refractivity contribution is 5.90. The first kappa shape index (κ1) is 13.5. The molecule has 0 amide bonds. The molecule has 0 fully saturated rings. The second-order valence-electron chi connectivity index (χ2n) is 5.11. The standard InChI is InChI=1S/C14H20N4O/c1-4-15-13-17-11-8-6-5-7-10(11)12(18-13)16-9-14(2,3)19/h5-8,19H,4,9H2,1-3H3,(H2,15,16,17,18). The first-order valence-corrected chi connectivity index (χ1v) is 6.46. The van der Waals surface area contributed by atoms with Crippen LogP contribution in [0.15, 0.2) is 24.3 Å². The second kappa shape index (κ2) is 5.40. The van der Waals surface area contributed by atoms with Gasteiger partial charge in [-0.3, -0.25) is 0 Å². The Morgan fingerprint density at radius 2 is 1.89 bits per heavy atom. The van der Waals surface area contributed by atoms with Gasteiger partial charge < -0.3 is 15.7 Å². The van der Waals surface area contributed by atoms with Gasteiger partial charge in [0.25, 0.3) is 0 Å². The van der Waals surface area contributed by atoms with E-state index >= 15 is 0 Å². The van der Waals surface area contributed by atoms with Crippen LogP contribution < -0.4 is 10.6 Å². The molecule has 0 spiro atoms. The number of aromatic nitrogens is 2. The van der Waals surface area contributed by atoms with E-state index in [4.69, 9.17) is 0 Å². The molecule has 19 heavy (non-hydrogen) atoms. The molecule has 0 atom stereocenters. The Labute approximate surface area is 113 Å². The summed E-state index contributed by atoms with van der Waals surface area (Å²) in [5, 5.41) is 17.1. The van der Waals surface area contributed by atoms with Crippen molar-refractivity contribution in [3.05, 3.63) is 24.3 Å². The third-order valence-electron chi connectivity index (χ3n) is 2.63. The van der Waals surface area contributed by atoms with E-state index in [1.165, 1.54) is 0 Å². The summed E-state index contributed by atoms with van der Waals surface area (Å²) in [7, 11) is 0. The van der Waals surface area contributed by atoms with Gasteiger partial charge in [0.1, 0.15) is 5.82 Å². The Morgan fingerprint density at radius 3 is 2.58 bits per heavy atom. The first-order chi connectivity index (χ1) is 8.99. The van der Waals surface area contributed by atoms with Crippen LogP contribution in [-0.2, 0) is 0 Å². The van der Waals surface area contributed by atoms with Crippen molar-refractivity contribution < 1.29 is 5.11 Å². The summed E-state index contributed by atoms with van der Waals surface area (Å²) in [5.74, 6) is 1.34. The van der Waals surface area contributed by atoms with Gasteiger partial charge in [-0.2, -0.15) is 4.98 Å². The van der Waals surface area contributed by atoms with Crippen molar-refractivity contribution in [2.75, 3.05) is 23.7 Å². The lowest BCUT2D eigenvalue weighted by Crippen LogP contribution is -2.29. The molecule has 3 N–H and O–H groups in total. The number of rotatable bonds is 5. The topological polar surface area (TPSA) is 70.1 Å². The summed E-state index contributed by atoms with van der Waals surface area (Å²) < 4.78 is 0. The predicted octanol–water partition coefficient (Wildman–Crippen LogP) is 2.24. The number of hydrogen-bond donors (Lipinski definition) is 3. The van der Waals surface area contributed by atoms with Gasteiger partial charge in [-0.15, -0.1) is 0 Å². The maximum absolute atomic E-state index is 9.80. The van der Waals surface area contributed by atoms with Gasteiger partial charge in [0.05, 0.1) is 11.1 Å². The monoisotopic (exact) mass is 260 g/mol. The molecule has 2 rings (SSSR count). The van der Waals surface area contributed by atoms with Gasteiger partial charge in [0.2, 0.25) is 5.95 Å². The molecule has 0 bridgehead atoms. The molecule has 1 aromatic heterocycles. The van der Waals surface area contributed by atoms with E-state index in [-0.39, 0.29) is 0 Å². The molecule has 1 aromatic carbocycles. The van der Waals surface area contributed by atoms with E-state index in [0.717, 1.165) is 23.3 Å². The lowest BCUT2D eigenvalue weighted by atomic mass is 10.1. The van der Waals surface area contributed by atoms with Crippen LogP contribution in [0.25, 0.3) is 10.9 Å². The van der Waals surface area contributed by atoms with E-state index in [9.17, 15) is 5.11 Å². The van der Waals surface area contributed by atoms with Crippen molar-refractivity contribution in [3.63, 3.8) is 0 Å². The summed E-state index contributed by atoms with van der Waals surface area (Å²) in [6.07, 6.45) is 0. The summed E-state index contributed by atoms with van der Waals surface area (Å²) in [6.45, 7) is 6.72. The Balaban J connectivity index is 2.38.